The molecule has 1 rings (SSSR count). The Morgan fingerprint density at radius 1 is 1.55 bits per heavy atom. The van der Waals surface area contributed by atoms with Crippen LogP contribution in [0.2, 0.25) is 0 Å². The number of nitrogens with one attached hydrogen (secondary N) is 1. The molecule has 0 aliphatic heterocycles. The third-order valence-corrected chi connectivity index (χ3v) is 1.23. The van der Waals surface area contributed by atoms with Gasteiger partial charge in [0.1, 0.15) is 5.82 Å². The highest BCUT2D eigenvalue weighted by Crippen LogP contribution is 2.05. The molecule has 3 N–H and O–H groups in total. The molecule has 0 fully saturated rings. The van der Waals surface area contributed by atoms with E-state index in [1.54, 1.807) is 0 Å². The molecule has 1 aromatic heterocycles. The van der Waals surface area contributed by atoms with E-state index in [4.69, 9.17) is 5.73 Å². The van der Waals surface area contributed by atoms with E-state index in [0.717, 1.165) is 18.1 Å². The second kappa shape index (κ2) is 3.18. The average molecular weight is 152 g/mol. The lowest BCUT2D eigenvalue weighted by Crippen LogP contribution is -2.03. The van der Waals surface area contributed by atoms with Crippen LogP contribution in [0.3, 0.4) is 0 Å². The predicted octanol–water partition coefficient (Wildman–Crippen LogP) is 0.799. The lowest BCUT2D eigenvalue weighted by Gasteiger charge is -2.02. The standard InChI is InChI=1S/C7H12N4/c1-3-9-6-4-5(2)10-7(8)11-6/h4H,3H2,1-2H3,(H3,8,9,10,11). The maximum atomic E-state index is 5.43. The largest absolute Gasteiger partial charge is 0.370 e. The Kier molecular flexibility index (Phi) is 2.25. The first-order valence-electron chi connectivity index (χ1n) is 3.57. The summed E-state index contributed by atoms with van der Waals surface area (Å²) in [4.78, 5) is 7.92. The molecule has 0 amide bonds. The lowest BCUT2D eigenvalue weighted by atomic mass is 10.4. The number of rotatable bonds is 2. The highest BCUT2D eigenvalue weighted by atomic mass is 15.1. The van der Waals surface area contributed by atoms with Gasteiger partial charge in [-0.15, -0.1) is 0 Å². The minimum atomic E-state index is 0.320. The molecule has 0 spiro atoms. The van der Waals surface area contributed by atoms with Crippen molar-refractivity contribution in [1.29, 1.82) is 0 Å². The normalized spacial score (nSPS) is 9.64. The first kappa shape index (κ1) is 7.78. The van der Waals surface area contributed by atoms with Crippen molar-refractivity contribution < 1.29 is 0 Å². The third-order valence-electron chi connectivity index (χ3n) is 1.23. The molecule has 0 saturated heterocycles. The molecule has 4 nitrogen and oxygen atoms in total. The van der Waals surface area contributed by atoms with Crippen LogP contribution in [0.5, 0.6) is 0 Å². The molecule has 0 aliphatic rings. The van der Waals surface area contributed by atoms with Crippen LogP contribution in [-0.4, -0.2) is 16.5 Å². The molecule has 0 atom stereocenters. The third kappa shape index (κ3) is 2.07. The van der Waals surface area contributed by atoms with Gasteiger partial charge in [-0.1, -0.05) is 0 Å². The quantitative estimate of drug-likeness (QED) is 0.658. The van der Waals surface area contributed by atoms with Gasteiger partial charge in [-0.2, -0.15) is 4.98 Å². The Bertz CT molecular complexity index is 226. The van der Waals surface area contributed by atoms with Crippen LogP contribution in [-0.2, 0) is 0 Å². The fraction of sp³-hybridized carbons (Fsp3) is 0.429. The van der Waals surface area contributed by atoms with Crippen molar-refractivity contribution in [3.05, 3.63) is 11.8 Å². The zero-order valence-corrected chi connectivity index (χ0v) is 6.76. The van der Waals surface area contributed by atoms with Gasteiger partial charge in [0, 0.05) is 18.3 Å². The Balaban J connectivity index is 2.89. The van der Waals surface area contributed by atoms with Gasteiger partial charge in [-0.25, -0.2) is 4.98 Å². The topological polar surface area (TPSA) is 63.8 Å². The molecule has 60 valence electrons. The Hall–Kier alpha value is -1.32. The van der Waals surface area contributed by atoms with Crippen LogP contribution in [0.15, 0.2) is 6.07 Å². The van der Waals surface area contributed by atoms with Crippen LogP contribution in [0.4, 0.5) is 11.8 Å². The summed E-state index contributed by atoms with van der Waals surface area (Å²) in [6, 6.07) is 1.86. The highest BCUT2D eigenvalue weighted by Gasteiger charge is 1.95. The monoisotopic (exact) mass is 152 g/mol. The van der Waals surface area contributed by atoms with E-state index in [9.17, 15) is 0 Å². The van der Waals surface area contributed by atoms with E-state index >= 15 is 0 Å². The van der Waals surface area contributed by atoms with E-state index in [1.807, 2.05) is 19.9 Å². The van der Waals surface area contributed by atoms with Crippen molar-refractivity contribution in [2.75, 3.05) is 17.6 Å². The zero-order valence-electron chi connectivity index (χ0n) is 6.76. The van der Waals surface area contributed by atoms with E-state index < -0.39 is 0 Å². The molecule has 0 unspecified atom stereocenters. The maximum absolute atomic E-state index is 5.43. The molecule has 0 radical (unpaired) electrons. The number of aryl methyl sites for hydroxylation is 1. The molecular formula is C7H12N4. The molecule has 4 heteroatoms. The summed E-state index contributed by atoms with van der Waals surface area (Å²) < 4.78 is 0. The van der Waals surface area contributed by atoms with Crippen LogP contribution in [0.25, 0.3) is 0 Å². The Morgan fingerprint density at radius 2 is 2.27 bits per heavy atom. The zero-order chi connectivity index (χ0) is 8.27. The molecular weight excluding hydrogens is 140 g/mol. The van der Waals surface area contributed by atoms with Crippen molar-refractivity contribution >= 4 is 11.8 Å². The van der Waals surface area contributed by atoms with Crippen molar-refractivity contribution in [3.63, 3.8) is 0 Å². The summed E-state index contributed by atoms with van der Waals surface area (Å²) in [7, 11) is 0. The van der Waals surface area contributed by atoms with Crippen molar-refractivity contribution in [2.45, 2.75) is 13.8 Å². The lowest BCUT2D eigenvalue weighted by molar-refractivity contribution is 1.09. The Morgan fingerprint density at radius 3 is 2.82 bits per heavy atom. The van der Waals surface area contributed by atoms with E-state index in [1.165, 1.54) is 0 Å². The Labute approximate surface area is 65.9 Å². The number of nitrogens with zero attached hydrogens (tertiary/aromatic N) is 2. The number of aromatic nitrogens is 2. The van der Waals surface area contributed by atoms with Crippen LogP contribution < -0.4 is 11.1 Å². The van der Waals surface area contributed by atoms with Crippen molar-refractivity contribution in [1.82, 2.24) is 9.97 Å². The molecule has 0 aliphatic carbocycles. The summed E-state index contributed by atoms with van der Waals surface area (Å²) in [5, 5.41) is 3.06. The van der Waals surface area contributed by atoms with Crippen molar-refractivity contribution in [3.8, 4) is 0 Å². The molecule has 1 heterocycles. The van der Waals surface area contributed by atoms with Gasteiger partial charge in [-0.05, 0) is 13.8 Å². The summed E-state index contributed by atoms with van der Waals surface area (Å²) in [5.74, 6) is 1.11. The van der Waals surface area contributed by atoms with Gasteiger partial charge < -0.3 is 11.1 Å². The first-order chi connectivity index (χ1) is 5.22. The van der Waals surface area contributed by atoms with Gasteiger partial charge in [-0.3, -0.25) is 0 Å². The van der Waals surface area contributed by atoms with E-state index in [-0.39, 0.29) is 0 Å². The summed E-state index contributed by atoms with van der Waals surface area (Å²) in [6.07, 6.45) is 0. The summed E-state index contributed by atoms with van der Waals surface area (Å²) in [5.41, 5.74) is 6.31. The number of nitrogen functional groups attached to an aromatic ring is 1. The van der Waals surface area contributed by atoms with Crippen LogP contribution in [0.1, 0.15) is 12.6 Å². The molecule has 0 bridgehead atoms. The number of anilines is 2. The molecule has 0 aromatic carbocycles. The second-order valence-electron chi connectivity index (χ2n) is 2.28. The van der Waals surface area contributed by atoms with Crippen molar-refractivity contribution in [2.24, 2.45) is 0 Å². The minimum absolute atomic E-state index is 0.320. The van der Waals surface area contributed by atoms with E-state index in [2.05, 4.69) is 15.3 Å². The van der Waals surface area contributed by atoms with Gasteiger partial charge in [0.15, 0.2) is 0 Å². The van der Waals surface area contributed by atoms with Gasteiger partial charge in [0.2, 0.25) is 5.95 Å². The summed E-state index contributed by atoms with van der Waals surface area (Å²) >= 11 is 0. The minimum Gasteiger partial charge on any atom is -0.370 e. The highest BCUT2D eigenvalue weighted by molar-refractivity contribution is 5.39. The predicted molar refractivity (Wildman–Crippen MR) is 45.3 cm³/mol. The average Bonchev–Trinajstić information content (AvgIpc) is 1.85. The fourth-order valence-corrected chi connectivity index (χ4v) is 0.863. The molecule has 0 saturated carbocycles. The smallest absolute Gasteiger partial charge is 0.222 e. The fourth-order valence-electron chi connectivity index (χ4n) is 0.863. The SMILES string of the molecule is CCNc1cc(C)nc(N)n1. The second-order valence-corrected chi connectivity index (χ2v) is 2.28. The molecule has 1 aromatic rings. The van der Waals surface area contributed by atoms with Gasteiger partial charge >= 0.3 is 0 Å². The van der Waals surface area contributed by atoms with Gasteiger partial charge in [0.05, 0.1) is 0 Å². The summed E-state index contributed by atoms with van der Waals surface area (Å²) in [6.45, 7) is 4.74. The molecule has 11 heavy (non-hydrogen) atoms. The number of nitrogens with two attached hydrogens (primary N) is 1. The van der Waals surface area contributed by atoms with Crippen LogP contribution >= 0.6 is 0 Å². The van der Waals surface area contributed by atoms with Crippen LogP contribution in [0, 0.1) is 6.92 Å². The van der Waals surface area contributed by atoms with Gasteiger partial charge in [0.25, 0.3) is 0 Å². The number of hydrogen-bond acceptors (Lipinski definition) is 4. The maximum Gasteiger partial charge on any atom is 0.222 e. The number of hydrogen-bond donors (Lipinski definition) is 2. The first-order valence-corrected chi connectivity index (χ1v) is 3.57. The van der Waals surface area contributed by atoms with E-state index in [0.29, 0.717) is 5.95 Å².